The quantitative estimate of drug-likeness (QED) is 0.596. The van der Waals surface area contributed by atoms with E-state index < -0.39 is 5.79 Å². The summed E-state index contributed by atoms with van der Waals surface area (Å²) in [6.45, 7) is 5.59. The van der Waals surface area contributed by atoms with Gasteiger partial charge in [-0.1, -0.05) is 42.5 Å². The van der Waals surface area contributed by atoms with Gasteiger partial charge in [-0.25, -0.2) is 0 Å². The third kappa shape index (κ3) is 3.71. The molecule has 3 atom stereocenters. The van der Waals surface area contributed by atoms with Gasteiger partial charge < -0.3 is 18.9 Å². The molecule has 0 spiro atoms. The van der Waals surface area contributed by atoms with Crippen molar-refractivity contribution in [3.63, 3.8) is 0 Å². The van der Waals surface area contributed by atoms with Crippen LogP contribution in [-0.4, -0.2) is 37.3 Å². The molecule has 0 amide bonds. The zero-order valence-corrected chi connectivity index (χ0v) is 12.5. The topological polar surface area (TPSA) is 36.9 Å². The number of ether oxygens (including phenoxy) is 4. The van der Waals surface area contributed by atoms with Gasteiger partial charge in [0, 0.05) is 0 Å². The highest BCUT2D eigenvalue weighted by atomic mass is 16.8. The normalized spacial score (nSPS) is 29.7. The Morgan fingerprint density at radius 2 is 1.86 bits per heavy atom. The summed E-state index contributed by atoms with van der Waals surface area (Å²) < 4.78 is 23.1. The van der Waals surface area contributed by atoms with E-state index in [1.165, 1.54) is 5.56 Å². The first-order valence-corrected chi connectivity index (χ1v) is 7.41. The minimum absolute atomic E-state index is 0.00948. The lowest BCUT2D eigenvalue weighted by Crippen LogP contribution is -2.32. The molecular formula is C17H22O4. The minimum atomic E-state index is -0.522. The van der Waals surface area contributed by atoms with Crippen molar-refractivity contribution in [2.45, 2.75) is 44.6 Å². The Hall–Kier alpha value is -1.20. The predicted molar refractivity (Wildman–Crippen MR) is 78.8 cm³/mol. The SMILES string of the molecule is CC1(C)OC2[C@@H](OCCOCc3ccccc3)C=C[C@@H]2O1. The lowest BCUT2D eigenvalue weighted by atomic mass is 10.2. The lowest BCUT2D eigenvalue weighted by molar-refractivity contribution is -0.156. The van der Waals surface area contributed by atoms with Gasteiger partial charge in [0.1, 0.15) is 18.3 Å². The molecule has 1 aliphatic carbocycles. The number of rotatable bonds is 6. The van der Waals surface area contributed by atoms with Crippen molar-refractivity contribution in [2.24, 2.45) is 0 Å². The molecule has 1 aliphatic heterocycles. The van der Waals surface area contributed by atoms with E-state index in [1.807, 2.05) is 44.2 Å². The largest absolute Gasteiger partial charge is 0.374 e. The fourth-order valence-electron chi connectivity index (χ4n) is 2.71. The van der Waals surface area contributed by atoms with E-state index in [1.54, 1.807) is 0 Å². The first-order valence-electron chi connectivity index (χ1n) is 7.41. The van der Waals surface area contributed by atoms with Crippen molar-refractivity contribution in [3.05, 3.63) is 48.0 Å². The number of fused-ring (bicyclic) bond motifs is 1. The van der Waals surface area contributed by atoms with Crippen LogP contribution in [0.4, 0.5) is 0 Å². The fraction of sp³-hybridized carbons (Fsp3) is 0.529. The molecule has 0 N–H and O–H groups in total. The van der Waals surface area contributed by atoms with Crippen LogP contribution in [0.1, 0.15) is 19.4 Å². The van der Waals surface area contributed by atoms with Crippen molar-refractivity contribution in [3.8, 4) is 0 Å². The average molecular weight is 290 g/mol. The average Bonchev–Trinajstić information content (AvgIpc) is 2.95. The van der Waals surface area contributed by atoms with Crippen LogP contribution in [-0.2, 0) is 25.6 Å². The van der Waals surface area contributed by atoms with E-state index in [-0.39, 0.29) is 18.3 Å². The lowest BCUT2D eigenvalue weighted by Gasteiger charge is -2.21. The van der Waals surface area contributed by atoms with E-state index >= 15 is 0 Å². The van der Waals surface area contributed by atoms with E-state index in [4.69, 9.17) is 18.9 Å². The van der Waals surface area contributed by atoms with Gasteiger partial charge in [0.05, 0.1) is 19.8 Å². The van der Waals surface area contributed by atoms with Gasteiger partial charge in [-0.3, -0.25) is 0 Å². The maximum absolute atomic E-state index is 5.86. The highest BCUT2D eigenvalue weighted by Crippen LogP contribution is 2.35. The molecule has 0 saturated carbocycles. The molecule has 3 rings (SSSR count). The Morgan fingerprint density at radius 3 is 2.67 bits per heavy atom. The summed E-state index contributed by atoms with van der Waals surface area (Å²) in [7, 11) is 0. The van der Waals surface area contributed by atoms with Gasteiger partial charge in [0.25, 0.3) is 0 Å². The Bertz CT molecular complexity index is 483. The van der Waals surface area contributed by atoms with Crippen molar-refractivity contribution in [1.82, 2.24) is 0 Å². The van der Waals surface area contributed by atoms with Crippen molar-refractivity contribution >= 4 is 0 Å². The van der Waals surface area contributed by atoms with Gasteiger partial charge in [-0.05, 0) is 19.4 Å². The van der Waals surface area contributed by atoms with Crippen LogP contribution in [0.2, 0.25) is 0 Å². The Kier molecular flexibility index (Phi) is 4.40. The molecule has 1 aromatic carbocycles. The van der Waals surface area contributed by atoms with Crippen LogP contribution >= 0.6 is 0 Å². The predicted octanol–water partition coefficient (Wildman–Crippen LogP) is 2.68. The van der Waals surface area contributed by atoms with Gasteiger partial charge in [0.2, 0.25) is 0 Å². The Balaban J connectivity index is 1.36. The molecule has 0 radical (unpaired) electrons. The summed E-state index contributed by atoms with van der Waals surface area (Å²) in [5, 5.41) is 0. The summed E-state index contributed by atoms with van der Waals surface area (Å²) in [6.07, 6.45) is 3.97. The van der Waals surface area contributed by atoms with Gasteiger partial charge in [-0.2, -0.15) is 0 Å². The molecule has 1 aromatic rings. The monoisotopic (exact) mass is 290 g/mol. The van der Waals surface area contributed by atoms with Crippen LogP contribution < -0.4 is 0 Å². The van der Waals surface area contributed by atoms with Crippen molar-refractivity contribution in [1.29, 1.82) is 0 Å². The molecule has 21 heavy (non-hydrogen) atoms. The summed E-state index contributed by atoms with van der Waals surface area (Å²) >= 11 is 0. The van der Waals surface area contributed by atoms with Crippen LogP contribution in [0.5, 0.6) is 0 Å². The first kappa shape index (κ1) is 14.7. The summed E-state index contributed by atoms with van der Waals surface area (Å²) in [5.74, 6) is -0.522. The first-order chi connectivity index (χ1) is 10.1. The summed E-state index contributed by atoms with van der Waals surface area (Å²) in [5.41, 5.74) is 1.17. The highest BCUT2D eigenvalue weighted by Gasteiger charge is 2.46. The van der Waals surface area contributed by atoms with E-state index in [0.29, 0.717) is 19.8 Å². The Morgan fingerprint density at radius 1 is 1.05 bits per heavy atom. The summed E-state index contributed by atoms with van der Waals surface area (Å²) in [4.78, 5) is 0. The second kappa shape index (κ2) is 6.28. The van der Waals surface area contributed by atoms with E-state index in [2.05, 4.69) is 12.1 Å². The Labute approximate surface area is 125 Å². The molecule has 1 heterocycles. The molecule has 1 saturated heterocycles. The maximum atomic E-state index is 5.86. The molecule has 0 bridgehead atoms. The highest BCUT2D eigenvalue weighted by molar-refractivity contribution is 5.14. The zero-order valence-electron chi connectivity index (χ0n) is 12.5. The van der Waals surface area contributed by atoms with Crippen molar-refractivity contribution < 1.29 is 18.9 Å². The van der Waals surface area contributed by atoms with Crippen LogP contribution in [0.15, 0.2) is 42.5 Å². The second-order valence-corrected chi connectivity index (χ2v) is 5.82. The smallest absolute Gasteiger partial charge is 0.164 e. The van der Waals surface area contributed by atoms with Crippen LogP contribution in [0.25, 0.3) is 0 Å². The minimum Gasteiger partial charge on any atom is -0.374 e. The van der Waals surface area contributed by atoms with Gasteiger partial charge >= 0.3 is 0 Å². The second-order valence-electron chi connectivity index (χ2n) is 5.82. The molecule has 1 fully saturated rings. The number of hydrogen-bond donors (Lipinski definition) is 0. The van der Waals surface area contributed by atoms with E-state index in [9.17, 15) is 0 Å². The summed E-state index contributed by atoms with van der Waals surface area (Å²) in [6, 6.07) is 10.1. The van der Waals surface area contributed by atoms with Crippen LogP contribution in [0.3, 0.4) is 0 Å². The molecule has 0 aromatic heterocycles. The molecule has 114 valence electrons. The third-order valence-corrected chi connectivity index (χ3v) is 3.63. The standard InChI is InChI=1S/C17H22O4/c1-17(2)20-15-9-8-14(16(15)21-17)19-11-10-18-12-13-6-4-3-5-7-13/h3-9,14-16H,10-12H2,1-2H3/t14-,15-,16?/m0/s1. The van der Waals surface area contributed by atoms with Crippen LogP contribution in [0, 0.1) is 0 Å². The number of benzene rings is 1. The molecule has 4 nitrogen and oxygen atoms in total. The third-order valence-electron chi connectivity index (χ3n) is 3.63. The molecular weight excluding hydrogens is 268 g/mol. The molecule has 4 heteroatoms. The van der Waals surface area contributed by atoms with Gasteiger partial charge in [-0.15, -0.1) is 0 Å². The molecule has 2 aliphatic rings. The van der Waals surface area contributed by atoms with E-state index in [0.717, 1.165) is 0 Å². The maximum Gasteiger partial charge on any atom is 0.164 e. The van der Waals surface area contributed by atoms with Crippen molar-refractivity contribution in [2.75, 3.05) is 13.2 Å². The molecule has 1 unspecified atom stereocenters. The number of hydrogen-bond acceptors (Lipinski definition) is 4. The van der Waals surface area contributed by atoms with Gasteiger partial charge in [0.15, 0.2) is 5.79 Å². The fourth-order valence-corrected chi connectivity index (χ4v) is 2.71. The zero-order chi connectivity index (χ0) is 14.7.